The van der Waals surface area contributed by atoms with Gasteiger partial charge in [0.2, 0.25) is 0 Å². The van der Waals surface area contributed by atoms with Crippen molar-refractivity contribution in [3.8, 4) is 11.1 Å². The van der Waals surface area contributed by atoms with Crippen LogP contribution >= 0.6 is 0 Å². The van der Waals surface area contributed by atoms with Gasteiger partial charge in [-0.3, -0.25) is 4.79 Å². The second kappa shape index (κ2) is 10.8. The Bertz CT molecular complexity index is 1180. The smallest absolute Gasteiger partial charge is 0.407 e. The van der Waals surface area contributed by atoms with E-state index in [0.717, 1.165) is 22.3 Å². The number of aliphatic hydroxyl groups is 1. The van der Waals surface area contributed by atoms with Crippen LogP contribution in [0.15, 0.2) is 54.7 Å². The molecular weight excluding hydrogens is 454 g/mol. The number of aliphatic carboxylic acids is 1. The van der Waals surface area contributed by atoms with Gasteiger partial charge in [-0.25, -0.2) is 14.3 Å². The zero-order chi connectivity index (χ0) is 24.8. The minimum Gasteiger partial charge on any atom is -0.479 e. The van der Waals surface area contributed by atoms with Crippen LogP contribution in [0.3, 0.4) is 0 Å². The number of benzene rings is 2. The molecule has 0 bridgehead atoms. The van der Waals surface area contributed by atoms with Crippen LogP contribution in [0.1, 0.15) is 34.0 Å². The van der Waals surface area contributed by atoms with Gasteiger partial charge in [0.05, 0.1) is 12.7 Å². The highest BCUT2D eigenvalue weighted by Crippen LogP contribution is 2.44. The summed E-state index contributed by atoms with van der Waals surface area (Å²) in [5.41, 5.74) is 4.61. The topological polar surface area (TPSA) is 156 Å². The van der Waals surface area contributed by atoms with Crippen LogP contribution in [0.5, 0.6) is 0 Å². The van der Waals surface area contributed by atoms with Crippen molar-refractivity contribution in [3.05, 3.63) is 71.5 Å². The SMILES string of the molecule is O=C(NCCn1cc(C(=O)NCC[C@H](O)C(=O)O)nn1)OCC1c2ccccc2-c2ccccc21. The molecule has 0 unspecified atom stereocenters. The van der Waals surface area contributed by atoms with Gasteiger partial charge in [0.15, 0.2) is 11.8 Å². The minimum atomic E-state index is -1.55. The Hall–Kier alpha value is -4.25. The first kappa shape index (κ1) is 23.9. The van der Waals surface area contributed by atoms with Gasteiger partial charge in [0, 0.05) is 25.4 Å². The van der Waals surface area contributed by atoms with Crippen LogP contribution in [0, 0.1) is 0 Å². The molecule has 0 saturated heterocycles. The van der Waals surface area contributed by atoms with Crippen LogP contribution in [-0.4, -0.2) is 69.0 Å². The fourth-order valence-electron chi connectivity index (χ4n) is 3.97. The Morgan fingerprint density at radius 2 is 1.66 bits per heavy atom. The van der Waals surface area contributed by atoms with Crippen molar-refractivity contribution in [3.63, 3.8) is 0 Å². The van der Waals surface area contributed by atoms with Gasteiger partial charge in [-0.05, 0) is 22.3 Å². The normalized spacial score (nSPS) is 12.9. The molecule has 0 radical (unpaired) electrons. The third-order valence-electron chi connectivity index (χ3n) is 5.71. The average molecular weight is 479 g/mol. The lowest BCUT2D eigenvalue weighted by atomic mass is 9.98. The molecule has 1 aliphatic carbocycles. The van der Waals surface area contributed by atoms with E-state index in [2.05, 4.69) is 33.1 Å². The number of carbonyl (C=O) groups is 3. The van der Waals surface area contributed by atoms with Crippen molar-refractivity contribution in [1.29, 1.82) is 0 Å². The fourth-order valence-corrected chi connectivity index (χ4v) is 3.97. The number of hydrogen-bond acceptors (Lipinski definition) is 7. The van der Waals surface area contributed by atoms with E-state index < -0.39 is 24.1 Å². The fraction of sp³-hybridized carbons (Fsp3) is 0.292. The van der Waals surface area contributed by atoms with E-state index in [1.165, 1.54) is 10.9 Å². The molecule has 0 saturated carbocycles. The van der Waals surface area contributed by atoms with E-state index >= 15 is 0 Å². The molecule has 0 aliphatic heterocycles. The Labute approximate surface area is 200 Å². The molecule has 3 aromatic rings. The summed E-state index contributed by atoms with van der Waals surface area (Å²) < 4.78 is 6.87. The van der Waals surface area contributed by atoms with E-state index in [0.29, 0.717) is 0 Å². The third-order valence-corrected chi connectivity index (χ3v) is 5.71. The van der Waals surface area contributed by atoms with E-state index in [1.807, 2.05) is 36.4 Å². The van der Waals surface area contributed by atoms with Gasteiger partial charge in [-0.15, -0.1) is 5.10 Å². The lowest BCUT2D eigenvalue weighted by Crippen LogP contribution is -2.30. The first-order chi connectivity index (χ1) is 16.9. The molecule has 1 aromatic heterocycles. The van der Waals surface area contributed by atoms with Crippen LogP contribution in [0.2, 0.25) is 0 Å². The Balaban J connectivity index is 1.21. The summed E-state index contributed by atoms with van der Waals surface area (Å²) in [5, 5.41) is 30.6. The number of hydrogen-bond donors (Lipinski definition) is 4. The molecule has 1 heterocycles. The maximum atomic E-state index is 12.2. The molecular formula is C24H25N5O6. The lowest BCUT2D eigenvalue weighted by Gasteiger charge is -2.14. The van der Waals surface area contributed by atoms with Crippen molar-refractivity contribution in [2.45, 2.75) is 25.0 Å². The third kappa shape index (κ3) is 5.64. The predicted octanol–water partition coefficient (Wildman–Crippen LogP) is 1.38. The first-order valence-electron chi connectivity index (χ1n) is 11.1. The summed E-state index contributed by atoms with van der Waals surface area (Å²) in [6.45, 7) is 0.667. The average Bonchev–Trinajstić information content (AvgIpc) is 3.45. The molecule has 2 aromatic carbocycles. The number of ether oxygens (including phenoxy) is 1. The van der Waals surface area contributed by atoms with Gasteiger partial charge in [-0.1, -0.05) is 53.7 Å². The zero-order valence-corrected chi connectivity index (χ0v) is 18.8. The summed E-state index contributed by atoms with van der Waals surface area (Å²) in [4.78, 5) is 34.9. The van der Waals surface area contributed by atoms with E-state index in [4.69, 9.17) is 9.84 Å². The molecule has 11 nitrogen and oxygen atoms in total. The number of carbonyl (C=O) groups excluding carboxylic acids is 2. The monoisotopic (exact) mass is 479 g/mol. The number of fused-ring (bicyclic) bond motifs is 3. The summed E-state index contributed by atoms with van der Waals surface area (Å²) in [6, 6.07) is 16.2. The summed E-state index contributed by atoms with van der Waals surface area (Å²) in [6.07, 6.45) is -0.821. The molecule has 35 heavy (non-hydrogen) atoms. The zero-order valence-electron chi connectivity index (χ0n) is 18.8. The number of nitrogens with zero attached hydrogens (tertiary/aromatic N) is 3. The predicted molar refractivity (Wildman–Crippen MR) is 124 cm³/mol. The van der Waals surface area contributed by atoms with Crippen LogP contribution in [-0.2, 0) is 16.1 Å². The number of carboxylic acid groups (broad SMARTS) is 1. The second-order valence-electron chi connectivity index (χ2n) is 8.02. The Kier molecular flexibility index (Phi) is 7.36. The maximum Gasteiger partial charge on any atom is 0.407 e. The lowest BCUT2D eigenvalue weighted by molar-refractivity contribution is -0.146. The maximum absolute atomic E-state index is 12.2. The van der Waals surface area contributed by atoms with Crippen molar-refractivity contribution >= 4 is 18.0 Å². The molecule has 0 fully saturated rings. The molecule has 1 atom stereocenters. The minimum absolute atomic E-state index is 0.0253. The van der Waals surface area contributed by atoms with Gasteiger partial charge < -0.3 is 25.6 Å². The Morgan fingerprint density at radius 3 is 2.31 bits per heavy atom. The quantitative estimate of drug-likeness (QED) is 0.340. The summed E-state index contributed by atoms with van der Waals surface area (Å²) >= 11 is 0. The van der Waals surface area contributed by atoms with Crippen LogP contribution in [0.4, 0.5) is 4.79 Å². The summed E-state index contributed by atoms with van der Waals surface area (Å²) in [7, 11) is 0. The second-order valence-corrected chi connectivity index (χ2v) is 8.02. The van der Waals surface area contributed by atoms with Gasteiger partial charge in [-0.2, -0.15) is 0 Å². The van der Waals surface area contributed by atoms with Gasteiger partial charge >= 0.3 is 12.1 Å². The highest BCUT2D eigenvalue weighted by atomic mass is 16.5. The number of aromatic nitrogens is 3. The molecule has 2 amide bonds. The van der Waals surface area contributed by atoms with Crippen molar-refractivity contribution in [2.24, 2.45) is 0 Å². The van der Waals surface area contributed by atoms with Gasteiger partial charge in [0.1, 0.15) is 6.61 Å². The number of aliphatic hydroxyl groups excluding tert-OH is 1. The highest BCUT2D eigenvalue weighted by molar-refractivity contribution is 5.91. The molecule has 4 N–H and O–H groups in total. The summed E-state index contributed by atoms with van der Waals surface area (Å²) in [5.74, 6) is -1.92. The number of rotatable bonds is 10. The molecule has 0 spiro atoms. The van der Waals surface area contributed by atoms with E-state index in [-0.39, 0.29) is 44.3 Å². The molecule has 1 aliphatic rings. The number of amides is 2. The number of carboxylic acids is 1. The van der Waals surface area contributed by atoms with E-state index in [9.17, 15) is 19.5 Å². The molecule has 4 rings (SSSR count). The van der Waals surface area contributed by atoms with Crippen LogP contribution in [0.25, 0.3) is 11.1 Å². The van der Waals surface area contributed by atoms with Gasteiger partial charge in [0.25, 0.3) is 5.91 Å². The Morgan fingerprint density at radius 1 is 1.00 bits per heavy atom. The molecule has 182 valence electrons. The largest absolute Gasteiger partial charge is 0.479 e. The van der Waals surface area contributed by atoms with Crippen molar-refractivity contribution in [2.75, 3.05) is 19.7 Å². The number of nitrogens with one attached hydrogen (secondary N) is 2. The number of alkyl carbamates (subject to hydrolysis) is 1. The first-order valence-corrected chi connectivity index (χ1v) is 11.1. The van der Waals surface area contributed by atoms with Crippen molar-refractivity contribution < 1.29 is 29.3 Å². The molecule has 11 heteroatoms. The van der Waals surface area contributed by atoms with E-state index in [1.54, 1.807) is 0 Å². The van der Waals surface area contributed by atoms with Crippen molar-refractivity contribution in [1.82, 2.24) is 25.6 Å². The highest BCUT2D eigenvalue weighted by Gasteiger charge is 2.29. The van der Waals surface area contributed by atoms with Crippen LogP contribution < -0.4 is 10.6 Å². The standard InChI is InChI=1S/C24H25N5O6/c30-21(23(32)33)9-10-25-22(31)20-13-29(28-27-20)12-11-26-24(34)35-14-19-17-7-3-1-5-15(17)16-6-2-4-8-18(16)19/h1-8,13,19,21,30H,9-12,14H2,(H,25,31)(H,26,34)(H,32,33)/t21-/m0/s1.